The number of hydrogen-bond donors (Lipinski definition) is 2. The highest BCUT2D eigenvalue weighted by molar-refractivity contribution is 5.32. The quantitative estimate of drug-likeness (QED) is 0.795. The second-order valence-electron chi connectivity index (χ2n) is 4.63. The van der Waals surface area contributed by atoms with Gasteiger partial charge in [-0.25, -0.2) is 0 Å². The normalized spacial score (nSPS) is 20.0. The molecule has 0 saturated heterocycles. The van der Waals surface area contributed by atoms with E-state index in [2.05, 4.69) is 0 Å². The van der Waals surface area contributed by atoms with Gasteiger partial charge in [-0.15, -0.1) is 0 Å². The molecule has 0 spiro atoms. The molecule has 2 rings (SSSR count). The molecule has 0 amide bonds. The summed E-state index contributed by atoms with van der Waals surface area (Å²) in [5.41, 5.74) is 3.10. The van der Waals surface area contributed by atoms with Crippen LogP contribution < -0.4 is 0 Å². The molecule has 2 atom stereocenters. The van der Waals surface area contributed by atoms with Crippen LogP contribution in [0.4, 0.5) is 0 Å². The Morgan fingerprint density at radius 3 is 2.40 bits per heavy atom. The van der Waals surface area contributed by atoms with Crippen LogP contribution >= 0.6 is 0 Å². The molecule has 1 aliphatic carbocycles. The van der Waals surface area contributed by atoms with Gasteiger partial charge >= 0.3 is 0 Å². The zero-order chi connectivity index (χ0) is 11.0. The molecule has 1 fully saturated rings. The number of aliphatic hydroxyl groups is 2. The molecule has 0 bridgehead atoms. The topological polar surface area (TPSA) is 40.5 Å². The fourth-order valence-electron chi connectivity index (χ4n) is 2.04. The van der Waals surface area contributed by atoms with Crippen molar-refractivity contribution in [2.45, 2.75) is 38.9 Å². The van der Waals surface area contributed by atoms with Crippen LogP contribution in [-0.2, 0) is 0 Å². The van der Waals surface area contributed by atoms with Crippen molar-refractivity contribution in [1.82, 2.24) is 0 Å². The zero-order valence-corrected chi connectivity index (χ0v) is 9.27. The largest absolute Gasteiger partial charge is 0.390 e. The van der Waals surface area contributed by atoms with Gasteiger partial charge in [0.25, 0.3) is 0 Å². The van der Waals surface area contributed by atoms with Crippen molar-refractivity contribution in [3.63, 3.8) is 0 Å². The van der Waals surface area contributed by atoms with Crippen LogP contribution in [0.1, 0.15) is 35.6 Å². The Hall–Kier alpha value is -0.860. The number of hydrogen-bond acceptors (Lipinski definition) is 2. The number of aliphatic hydroxyl groups excluding tert-OH is 2. The van der Waals surface area contributed by atoms with Crippen LogP contribution in [0.3, 0.4) is 0 Å². The first-order chi connectivity index (χ1) is 7.09. The summed E-state index contributed by atoms with van der Waals surface area (Å²) in [6, 6.07) is 5.93. The third kappa shape index (κ3) is 2.21. The van der Waals surface area contributed by atoms with E-state index in [1.807, 2.05) is 32.0 Å². The van der Waals surface area contributed by atoms with Gasteiger partial charge in [0.15, 0.2) is 0 Å². The summed E-state index contributed by atoms with van der Waals surface area (Å²) in [5, 5.41) is 19.9. The molecule has 0 aliphatic heterocycles. The van der Waals surface area contributed by atoms with Crippen LogP contribution in [0, 0.1) is 19.8 Å². The van der Waals surface area contributed by atoms with Crippen molar-refractivity contribution < 1.29 is 10.2 Å². The molecule has 0 aromatic heterocycles. The predicted octanol–water partition coefficient (Wildman–Crippen LogP) is 2.11. The Bertz CT molecular complexity index is 356. The van der Waals surface area contributed by atoms with Gasteiger partial charge < -0.3 is 10.2 Å². The van der Waals surface area contributed by atoms with E-state index >= 15 is 0 Å². The van der Waals surface area contributed by atoms with Crippen molar-refractivity contribution >= 4 is 0 Å². The Balaban J connectivity index is 2.20. The van der Waals surface area contributed by atoms with Crippen molar-refractivity contribution in [1.29, 1.82) is 0 Å². The van der Waals surface area contributed by atoms with Crippen LogP contribution in [0.15, 0.2) is 18.2 Å². The van der Waals surface area contributed by atoms with Gasteiger partial charge in [0, 0.05) is 0 Å². The molecular formula is C13H18O2. The Morgan fingerprint density at radius 1 is 1.20 bits per heavy atom. The highest BCUT2D eigenvalue weighted by atomic mass is 16.3. The molecule has 2 nitrogen and oxygen atoms in total. The summed E-state index contributed by atoms with van der Waals surface area (Å²) < 4.78 is 0. The fraction of sp³-hybridized carbons (Fsp3) is 0.538. The molecule has 1 aromatic carbocycles. The van der Waals surface area contributed by atoms with E-state index in [4.69, 9.17) is 0 Å². The first kappa shape index (κ1) is 10.7. The average molecular weight is 206 g/mol. The van der Waals surface area contributed by atoms with Crippen LogP contribution in [0.2, 0.25) is 0 Å². The van der Waals surface area contributed by atoms with Crippen LogP contribution in [0.5, 0.6) is 0 Å². The molecule has 82 valence electrons. The highest BCUT2D eigenvalue weighted by Crippen LogP contribution is 2.38. The van der Waals surface area contributed by atoms with E-state index in [0.29, 0.717) is 5.92 Å². The number of rotatable bonds is 3. The summed E-state index contributed by atoms with van der Waals surface area (Å²) in [6.07, 6.45) is 0.774. The lowest BCUT2D eigenvalue weighted by Crippen LogP contribution is -2.21. The van der Waals surface area contributed by atoms with Gasteiger partial charge in [-0.3, -0.25) is 0 Å². The first-order valence-electron chi connectivity index (χ1n) is 5.53. The molecule has 0 radical (unpaired) electrons. The van der Waals surface area contributed by atoms with E-state index in [0.717, 1.165) is 24.0 Å². The summed E-state index contributed by atoms with van der Waals surface area (Å²) in [6.45, 7) is 4.01. The maximum absolute atomic E-state index is 10.0. The Morgan fingerprint density at radius 2 is 1.87 bits per heavy atom. The summed E-state index contributed by atoms with van der Waals surface area (Å²) >= 11 is 0. The smallest absolute Gasteiger partial charge is 0.105 e. The Kier molecular flexibility index (Phi) is 2.81. The molecule has 1 saturated carbocycles. The third-order valence-electron chi connectivity index (χ3n) is 3.17. The van der Waals surface area contributed by atoms with Gasteiger partial charge in [-0.1, -0.05) is 23.8 Å². The predicted molar refractivity (Wildman–Crippen MR) is 59.6 cm³/mol. The van der Waals surface area contributed by atoms with E-state index in [9.17, 15) is 10.2 Å². The lowest BCUT2D eigenvalue weighted by Gasteiger charge is -2.19. The van der Waals surface area contributed by atoms with Gasteiger partial charge in [0.05, 0.1) is 6.10 Å². The number of benzene rings is 1. The lowest BCUT2D eigenvalue weighted by atomic mass is 9.96. The molecule has 2 N–H and O–H groups in total. The van der Waals surface area contributed by atoms with Crippen molar-refractivity contribution in [3.8, 4) is 0 Å². The first-order valence-corrected chi connectivity index (χ1v) is 5.53. The molecular weight excluding hydrogens is 188 g/mol. The van der Waals surface area contributed by atoms with Crippen molar-refractivity contribution in [3.05, 3.63) is 34.9 Å². The van der Waals surface area contributed by atoms with Crippen LogP contribution in [-0.4, -0.2) is 16.3 Å². The maximum atomic E-state index is 10.0. The molecule has 1 aliphatic rings. The van der Waals surface area contributed by atoms with Gasteiger partial charge in [-0.05, 0) is 43.7 Å². The van der Waals surface area contributed by atoms with Gasteiger partial charge in [-0.2, -0.15) is 0 Å². The van der Waals surface area contributed by atoms with E-state index in [-0.39, 0.29) is 0 Å². The lowest BCUT2D eigenvalue weighted by molar-refractivity contribution is 0.00450. The van der Waals surface area contributed by atoms with Gasteiger partial charge in [0.2, 0.25) is 0 Å². The van der Waals surface area contributed by atoms with E-state index in [1.165, 1.54) is 5.56 Å². The zero-order valence-electron chi connectivity index (χ0n) is 9.27. The van der Waals surface area contributed by atoms with Crippen molar-refractivity contribution in [2.75, 3.05) is 0 Å². The second kappa shape index (κ2) is 3.95. The average Bonchev–Trinajstić information content (AvgIpc) is 2.99. The third-order valence-corrected chi connectivity index (χ3v) is 3.17. The molecule has 2 heteroatoms. The highest BCUT2D eigenvalue weighted by Gasteiger charge is 2.35. The Labute approximate surface area is 90.6 Å². The monoisotopic (exact) mass is 206 g/mol. The van der Waals surface area contributed by atoms with Crippen LogP contribution in [0.25, 0.3) is 0 Å². The summed E-state index contributed by atoms with van der Waals surface area (Å²) in [4.78, 5) is 0. The summed E-state index contributed by atoms with van der Waals surface area (Å²) in [5.74, 6) is 0.306. The summed E-state index contributed by atoms with van der Waals surface area (Å²) in [7, 11) is 0. The van der Waals surface area contributed by atoms with E-state index in [1.54, 1.807) is 0 Å². The minimum atomic E-state index is -0.724. The minimum absolute atomic E-state index is 0.306. The van der Waals surface area contributed by atoms with E-state index < -0.39 is 12.2 Å². The standard InChI is InChI=1S/C13H18O2/c1-8-3-6-11(9(2)7-8)13(15)12(14)10-4-5-10/h3,6-7,10,12-15H,4-5H2,1-2H3. The molecule has 1 aromatic rings. The van der Waals surface area contributed by atoms with Crippen molar-refractivity contribution in [2.24, 2.45) is 5.92 Å². The minimum Gasteiger partial charge on any atom is -0.390 e. The fourth-order valence-corrected chi connectivity index (χ4v) is 2.04. The van der Waals surface area contributed by atoms with Gasteiger partial charge in [0.1, 0.15) is 6.10 Å². The maximum Gasteiger partial charge on any atom is 0.105 e. The molecule has 2 unspecified atom stereocenters. The molecule has 0 heterocycles. The number of aryl methyl sites for hydroxylation is 2. The molecule has 15 heavy (non-hydrogen) atoms. The second-order valence-corrected chi connectivity index (χ2v) is 4.63. The SMILES string of the molecule is Cc1ccc(C(O)C(O)C2CC2)c(C)c1.